The standard InChI is InChI=1S/C64H131N5O6S2/c1-7-13-17-21-25-27-31-35-44-60(72)56-69(57-61(73)45-36-32-28-26-22-18-14-8-2)50-39-40-52-76-77-53-47-62(64(75)65-48-41-51-67(11-5)12-6)66-63(74)46-37-38-49-68(54-58(70)42-33-29-23-19-15-9-3)55-59(71)43-34-30-24-20-16-10-4/h58-62,70-73H,7-57H2,1-6H3,(H,65,75)(H,66,74). The Morgan fingerprint density at radius 1 is 0.377 bits per heavy atom. The van der Waals surface area contributed by atoms with Crippen LogP contribution in [-0.2, 0) is 9.59 Å². The van der Waals surface area contributed by atoms with Crippen LogP contribution in [-0.4, -0.2) is 154 Å². The molecule has 0 rings (SSSR count). The van der Waals surface area contributed by atoms with Crippen molar-refractivity contribution >= 4 is 33.4 Å². The molecule has 0 heterocycles. The molecule has 0 radical (unpaired) electrons. The Bertz CT molecular complexity index is 1190. The maximum atomic E-state index is 13.6. The van der Waals surface area contributed by atoms with E-state index in [1.54, 1.807) is 10.8 Å². The topological polar surface area (TPSA) is 149 Å². The average molecular weight is 1130 g/mol. The molecule has 0 aromatic rings. The summed E-state index contributed by atoms with van der Waals surface area (Å²) in [6, 6.07) is -0.585. The number of unbranched alkanes of at least 4 members (excludes halogenated alkanes) is 26. The first-order valence-corrected chi connectivity index (χ1v) is 35.7. The number of amides is 2. The molecule has 0 aromatic carbocycles. The minimum atomic E-state index is -0.585. The predicted molar refractivity (Wildman–Crippen MR) is 337 cm³/mol. The monoisotopic (exact) mass is 1130 g/mol. The van der Waals surface area contributed by atoms with Crippen molar-refractivity contribution < 1.29 is 30.0 Å². The molecule has 0 aromatic heterocycles. The van der Waals surface area contributed by atoms with Gasteiger partial charge in [0.05, 0.1) is 24.4 Å². The minimum absolute atomic E-state index is 0.0980. The highest BCUT2D eigenvalue weighted by atomic mass is 33.1. The normalized spacial score (nSPS) is 13.9. The maximum Gasteiger partial charge on any atom is 0.242 e. The third kappa shape index (κ3) is 51.9. The van der Waals surface area contributed by atoms with Crippen LogP contribution in [0.15, 0.2) is 0 Å². The van der Waals surface area contributed by atoms with Gasteiger partial charge in [-0.15, -0.1) is 0 Å². The summed E-state index contributed by atoms with van der Waals surface area (Å²) in [7, 11) is 3.60. The van der Waals surface area contributed by atoms with Crippen LogP contribution in [0.4, 0.5) is 0 Å². The van der Waals surface area contributed by atoms with Crippen LogP contribution in [0.5, 0.6) is 0 Å². The van der Waals surface area contributed by atoms with Gasteiger partial charge in [-0.25, -0.2) is 0 Å². The summed E-state index contributed by atoms with van der Waals surface area (Å²) in [5, 5.41) is 50.5. The number of aliphatic hydroxyl groups excluding tert-OH is 4. The molecule has 0 saturated heterocycles. The fourth-order valence-corrected chi connectivity index (χ4v) is 12.8. The Morgan fingerprint density at radius 3 is 1.09 bits per heavy atom. The van der Waals surface area contributed by atoms with Crippen LogP contribution in [0.2, 0.25) is 0 Å². The molecule has 5 atom stereocenters. The zero-order chi connectivity index (χ0) is 56.7. The highest BCUT2D eigenvalue weighted by Crippen LogP contribution is 2.24. The van der Waals surface area contributed by atoms with Crippen molar-refractivity contribution in [2.45, 2.75) is 322 Å². The Morgan fingerprint density at radius 2 is 0.714 bits per heavy atom. The van der Waals surface area contributed by atoms with Gasteiger partial charge in [-0.05, 0) is 96.9 Å². The highest BCUT2D eigenvalue weighted by molar-refractivity contribution is 8.76. The van der Waals surface area contributed by atoms with Crippen molar-refractivity contribution in [3.63, 3.8) is 0 Å². The first-order chi connectivity index (χ1) is 37.5. The van der Waals surface area contributed by atoms with Gasteiger partial charge in [0.1, 0.15) is 6.04 Å². The lowest BCUT2D eigenvalue weighted by Gasteiger charge is -2.27. The van der Waals surface area contributed by atoms with Crippen LogP contribution in [0, 0.1) is 0 Å². The van der Waals surface area contributed by atoms with Crippen LogP contribution in [0.3, 0.4) is 0 Å². The van der Waals surface area contributed by atoms with E-state index in [1.165, 1.54) is 141 Å². The molecule has 0 bridgehead atoms. The molecule has 0 aliphatic carbocycles. The number of nitrogens with one attached hydrogen (secondary N) is 2. The molecule has 77 heavy (non-hydrogen) atoms. The third-order valence-electron chi connectivity index (χ3n) is 15.6. The second-order valence-corrected chi connectivity index (χ2v) is 25.9. The largest absolute Gasteiger partial charge is 0.392 e. The predicted octanol–water partition coefficient (Wildman–Crippen LogP) is 14.7. The first-order valence-electron chi connectivity index (χ1n) is 33.2. The second-order valence-electron chi connectivity index (χ2n) is 23.2. The summed E-state index contributed by atoms with van der Waals surface area (Å²) in [5.41, 5.74) is 0. The van der Waals surface area contributed by atoms with E-state index in [0.29, 0.717) is 52.0 Å². The van der Waals surface area contributed by atoms with E-state index in [2.05, 4.69) is 66.9 Å². The van der Waals surface area contributed by atoms with Crippen LogP contribution < -0.4 is 10.6 Å². The van der Waals surface area contributed by atoms with Gasteiger partial charge in [0.2, 0.25) is 11.8 Å². The highest BCUT2D eigenvalue weighted by Gasteiger charge is 2.22. The van der Waals surface area contributed by atoms with Crippen molar-refractivity contribution in [1.82, 2.24) is 25.3 Å². The van der Waals surface area contributed by atoms with E-state index in [4.69, 9.17) is 0 Å². The van der Waals surface area contributed by atoms with Crippen molar-refractivity contribution in [1.29, 1.82) is 0 Å². The minimum Gasteiger partial charge on any atom is -0.392 e. The van der Waals surface area contributed by atoms with Crippen molar-refractivity contribution in [3.8, 4) is 0 Å². The molecule has 13 heteroatoms. The first kappa shape index (κ1) is 76.4. The van der Waals surface area contributed by atoms with E-state index < -0.39 is 18.2 Å². The Labute approximate surface area is 485 Å². The van der Waals surface area contributed by atoms with Crippen molar-refractivity contribution in [3.05, 3.63) is 0 Å². The van der Waals surface area contributed by atoms with Gasteiger partial charge in [-0.1, -0.05) is 243 Å². The Kier molecular flexibility index (Phi) is 58.1. The molecular formula is C64H131N5O6S2. The maximum absolute atomic E-state index is 13.6. The Hall–Kier alpha value is -0.640. The van der Waals surface area contributed by atoms with Gasteiger partial charge >= 0.3 is 0 Å². The van der Waals surface area contributed by atoms with Gasteiger partial charge < -0.3 is 36.0 Å². The molecule has 5 unspecified atom stereocenters. The van der Waals surface area contributed by atoms with E-state index in [-0.39, 0.29) is 24.0 Å². The van der Waals surface area contributed by atoms with Crippen molar-refractivity contribution in [2.75, 3.05) is 77.0 Å². The number of hydrogen-bond acceptors (Lipinski definition) is 11. The van der Waals surface area contributed by atoms with Crippen LogP contribution >= 0.6 is 21.6 Å². The van der Waals surface area contributed by atoms with E-state index in [9.17, 15) is 30.0 Å². The van der Waals surface area contributed by atoms with E-state index >= 15 is 0 Å². The van der Waals surface area contributed by atoms with Crippen LogP contribution in [0.25, 0.3) is 0 Å². The summed E-state index contributed by atoms with van der Waals surface area (Å²) >= 11 is 0. The van der Waals surface area contributed by atoms with E-state index in [1.807, 2.05) is 10.8 Å². The fraction of sp³-hybridized carbons (Fsp3) is 0.969. The molecular weight excluding hydrogens is 999 g/mol. The molecule has 0 aliphatic heterocycles. The zero-order valence-electron chi connectivity index (χ0n) is 51.7. The quantitative estimate of drug-likeness (QED) is 0.0255. The molecule has 2 amide bonds. The SMILES string of the molecule is CCCCCCCCCCC(O)CN(CCCCSSCCC(NC(=O)CCCCN(CC(O)CCCCCCCC)CC(O)CCCCCCCC)C(=O)NCCCN(CC)CC)CC(O)CCCCCCCCCC. The van der Waals surface area contributed by atoms with Gasteiger partial charge in [0.25, 0.3) is 0 Å². The third-order valence-corrected chi connectivity index (χ3v) is 18.1. The number of aliphatic hydroxyl groups is 4. The number of rotatable bonds is 62. The number of hydrogen-bond donors (Lipinski definition) is 6. The lowest BCUT2D eigenvalue weighted by Crippen LogP contribution is -2.47. The smallest absolute Gasteiger partial charge is 0.242 e. The summed E-state index contributed by atoms with van der Waals surface area (Å²) in [5.74, 6) is 1.53. The number of carbonyl (C=O) groups is 2. The summed E-state index contributed by atoms with van der Waals surface area (Å²) in [6.45, 7) is 20.7. The molecule has 0 fully saturated rings. The van der Waals surface area contributed by atoms with Gasteiger partial charge in [-0.2, -0.15) is 0 Å². The number of nitrogens with zero attached hydrogens (tertiary/aromatic N) is 3. The van der Waals surface area contributed by atoms with Gasteiger partial charge in [-0.3, -0.25) is 19.4 Å². The zero-order valence-corrected chi connectivity index (χ0v) is 53.3. The summed E-state index contributed by atoms with van der Waals surface area (Å²) in [6.07, 6.45) is 41.4. The van der Waals surface area contributed by atoms with Gasteiger partial charge in [0, 0.05) is 50.7 Å². The lowest BCUT2D eigenvalue weighted by atomic mass is 10.0. The lowest BCUT2D eigenvalue weighted by molar-refractivity contribution is -0.129. The molecule has 11 nitrogen and oxygen atoms in total. The van der Waals surface area contributed by atoms with Gasteiger partial charge in [0.15, 0.2) is 0 Å². The molecule has 460 valence electrons. The fourth-order valence-electron chi connectivity index (χ4n) is 10.5. The molecule has 0 spiro atoms. The molecule has 0 saturated carbocycles. The second kappa shape index (κ2) is 58.6. The van der Waals surface area contributed by atoms with Crippen molar-refractivity contribution in [2.24, 2.45) is 0 Å². The summed E-state index contributed by atoms with van der Waals surface area (Å²) < 4.78 is 0. The van der Waals surface area contributed by atoms with Crippen LogP contribution in [0.1, 0.15) is 292 Å². The summed E-state index contributed by atoms with van der Waals surface area (Å²) in [4.78, 5) is 34.0. The Balaban J connectivity index is 5.28. The van der Waals surface area contributed by atoms with E-state index in [0.717, 1.165) is 134 Å². The number of carbonyl (C=O) groups excluding carboxylic acids is 2. The molecule has 0 aliphatic rings. The molecule has 6 N–H and O–H groups in total. The average Bonchev–Trinajstić information content (AvgIpc) is 3.41.